The van der Waals surface area contributed by atoms with Crippen LogP contribution >= 0.6 is 0 Å². The molecule has 1 aromatic heterocycles. The van der Waals surface area contributed by atoms with Gasteiger partial charge in [0, 0.05) is 28.4 Å². The van der Waals surface area contributed by atoms with Crippen LogP contribution in [-0.2, 0) is 19.4 Å². The summed E-state index contributed by atoms with van der Waals surface area (Å²) in [5.74, 6) is -0.382. The molecule has 1 amide bonds. The van der Waals surface area contributed by atoms with E-state index in [4.69, 9.17) is 5.73 Å². The number of hydrogen-bond donors (Lipinski definition) is 1. The number of rotatable bonds is 5. The molecule has 1 heterocycles. The minimum atomic E-state index is -0.382. The van der Waals surface area contributed by atoms with Gasteiger partial charge in [0.05, 0.1) is 5.52 Å². The molecule has 27 heavy (non-hydrogen) atoms. The van der Waals surface area contributed by atoms with Crippen molar-refractivity contribution < 1.29 is 4.79 Å². The van der Waals surface area contributed by atoms with Gasteiger partial charge in [-0.15, -0.1) is 0 Å². The van der Waals surface area contributed by atoms with Gasteiger partial charge in [-0.05, 0) is 47.7 Å². The maximum absolute atomic E-state index is 12.0. The van der Waals surface area contributed by atoms with Crippen LogP contribution < -0.4 is 5.73 Å². The van der Waals surface area contributed by atoms with Crippen molar-refractivity contribution >= 4 is 27.7 Å². The number of primary amides is 1. The van der Waals surface area contributed by atoms with Crippen LogP contribution in [0.25, 0.3) is 21.8 Å². The van der Waals surface area contributed by atoms with E-state index < -0.39 is 0 Å². The topological polar surface area (TPSA) is 48.0 Å². The maximum Gasteiger partial charge on any atom is 0.249 e. The van der Waals surface area contributed by atoms with E-state index in [1.807, 2.05) is 12.1 Å². The third kappa shape index (κ3) is 2.99. The van der Waals surface area contributed by atoms with Gasteiger partial charge in [-0.25, -0.2) is 0 Å². The fraction of sp³-hybridized carbons (Fsp3) is 0.208. The smallest absolute Gasteiger partial charge is 0.249 e. The van der Waals surface area contributed by atoms with Crippen molar-refractivity contribution in [2.45, 2.75) is 33.2 Å². The summed E-state index contributed by atoms with van der Waals surface area (Å²) in [5, 5.41) is 2.04. The van der Waals surface area contributed by atoms with Crippen molar-refractivity contribution in [3.05, 3.63) is 82.9 Å². The second-order valence-corrected chi connectivity index (χ2v) is 7.03. The number of carbonyl (C=O) groups is 1. The van der Waals surface area contributed by atoms with Crippen LogP contribution in [0, 0.1) is 0 Å². The largest absolute Gasteiger partial charge is 0.366 e. The summed E-state index contributed by atoms with van der Waals surface area (Å²) >= 11 is 0. The molecule has 0 spiro atoms. The Morgan fingerprint density at radius 1 is 0.852 bits per heavy atom. The molecule has 0 fully saturated rings. The lowest BCUT2D eigenvalue weighted by Gasteiger charge is -2.10. The molecule has 0 radical (unpaired) electrons. The molecule has 2 N–H and O–H groups in total. The Hall–Kier alpha value is -3.07. The fourth-order valence-corrected chi connectivity index (χ4v) is 3.92. The van der Waals surface area contributed by atoms with Gasteiger partial charge in [-0.3, -0.25) is 4.79 Å². The zero-order valence-electron chi connectivity index (χ0n) is 15.8. The summed E-state index contributed by atoms with van der Waals surface area (Å²) in [4.78, 5) is 12.0. The molecule has 0 unspecified atom stereocenters. The van der Waals surface area contributed by atoms with Gasteiger partial charge in [-0.1, -0.05) is 56.3 Å². The van der Waals surface area contributed by atoms with E-state index in [1.54, 1.807) is 0 Å². The lowest BCUT2D eigenvalue weighted by atomic mass is 10.0. The molecule has 0 bridgehead atoms. The summed E-state index contributed by atoms with van der Waals surface area (Å²) < 4.78 is 2.31. The quantitative estimate of drug-likeness (QED) is 0.533. The van der Waals surface area contributed by atoms with Gasteiger partial charge in [0.15, 0.2) is 0 Å². The zero-order chi connectivity index (χ0) is 19.0. The first-order chi connectivity index (χ1) is 13.1. The third-order valence-electron chi connectivity index (χ3n) is 5.37. The number of nitrogens with zero attached hydrogens (tertiary/aromatic N) is 1. The fourth-order valence-electron chi connectivity index (χ4n) is 3.92. The SMILES string of the molecule is CCc1cccc(Cn2c3cc(CC)ccc3c3c(C(N)=O)cccc32)c1. The first-order valence-corrected chi connectivity index (χ1v) is 9.53. The molecule has 0 aliphatic heterocycles. The van der Waals surface area contributed by atoms with Gasteiger partial charge < -0.3 is 10.3 Å². The molecule has 3 nitrogen and oxygen atoms in total. The second-order valence-electron chi connectivity index (χ2n) is 7.03. The average Bonchev–Trinajstić information content (AvgIpc) is 3.01. The molecule has 3 aromatic carbocycles. The average molecular weight is 356 g/mol. The van der Waals surface area contributed by atoms with Crippen LogP contribution in [0.15, 0.2) is 60.7 Å². The van der Waals surface area contributed by atoms with E-state index in [2.05, 4.69) is 66.9 Å². The van der Waals surface area contributed by atoms with Crippen molar-refractivity contribution in [3.8, 4) is 0 Å². The van der Waals surface area contributed by atoms with Crippen molar-refractivity contribution in [2.24, 2.45) is 5.73 Å². The minimum Gasteiger partial charge on any atom is -0.366 e. The van der Waals surface area contributed by atoms with E-state index in [0.29, 0.717) is 5.56 Å². The molecule has 0 saturated carbocycles. The predicted molar refractivity (Wildman–Crippen MR) is 112 cm³/mol. The number of fused-ring (bicyclic) bond motifs is 3. The van der Waals surface area contributed by atoms with Crippen LogP contribution in [0.2, 0.25) is 0 Å². The lowest BCUT2D eigenvalue weighted by molar-refractivity contribution is 0.100. The molecule has 3 heteroatoms. The molecule has 0 atom stereocenters. The minimum absolute atomic E-state index is 0.382. The molecule has 0 saturated heterocycles. The standard InChI is InChI=1S/C24H24N2O/c1-3-16-7-5-8-18(13-16)15-26-21-10-6-9-20(24(25)27)23(21)19-12-11-17(4-2)14-22(19)26/h5-14H,3-4,15H2,1-2H3,(H2,25,27). The number of benzene rings is 3. The highest BCUT2D eigenvalue weighted by molar-refractivity contribution is 6.17. The molecule has 0 aliphatic rings. The van der Waals surface area contributed by atoms with Crippen molar-refractivity contribution in [2.75, 3.05) is 0 Å². The lowest BCUT2D eigenvalue weighted by Crippen LogP contribution is -2.11. The summed E-state index contributed by atoms with van der Waals surface area (Å²) in [7, 11) is 0. The number of aromatic nitrogens is 1. The number of nitrogens with two attached hydrogens (primary N) is 1. The summed E-state index contributed by atoms with van der Waals surface area (Å²) in [6.45, 7) is 5.10. The molecule has 4 aromatic rings. The van der Waals surface area contributed by atoms with E-state index in [1.165, 1.54) is 16.7 Å². The second kappa shape index (κ2) is 6.92. The molecular weight excluding hydrogens is 332 g/mol. The van der Waals surface area contributed by atoms with Gasteiger partial charge >= 0.3 is 0 Å². The number of hydrogen-bond acceptors (Lipinski definition) is 1. The van der Waals surface area contributed by atoms with Gasteiger partial charge in [0.2, 0.25) is 5.91 Å². The van der Waals surface area contributed by atoms with Crippen molar-refractivity contribution in [1.29, 1.82) is 0 Å². The Labute approximate surface area is 159 Å². The summed E-state index contributed by atoms with van der Waals surface area (Å²) in [5.41, 5.74) is 12.4. The van der Waals surface area contributed by atoms with Gasteiger partial charge in [0.1, 0.15) is 0 Å². The zero-order valence-corrected chi connectivity index (χ0v) is 15.8. The summed E-state index contributed by atoms with van der Waals surface area (Å²) in [6, 6.07) is 21.0. The first-order valence-electron chi connectivity index (χ1n) is 9.53. The highest BCUT2D eigenvalue weighted by Crippen LogP contribution is 2.33. The predicted octanol–water partition coefficient (Wildman–Crippen LogP) is 5.07. The summed E-state index contributed by atoms with van der Waals surface area (Å²) in [6.07, 6.45) is 2.00. The van der Waals surface area contributed by atoms with E-state index in [-0.39, 0.29) is 5.91 Å². The molecule has 4 rings (SSSR count). The third-order valence-corrected chi connectivity index (χ3v) is 5.37. The van der Waals surface area contributed by atoms with Gasteiger partial charge in [-0.2, -0.15) is 0 Å². The normalized spacial score (nSPS) is 11.3. The van der Waals surface area contributed by atoms with Crippen LogP contribution in [0.1, 0.15) is 40.9 Å². The first kappa shape index (κ1) is 17.3. The molecular formula is C24H24N2O. The van der Waals surface area contributed by atoms with E-state index >= 15 is 0 Å². The van der Waals surface area contributed by atoms with Gasteiger partial charge in [0.25, 0.3) is 0 Å². The Balaban J connectivity index is 2.01. The van der Waals surface area contributed by atoms with Crippen LogP contribution in [0.3, 0.4) is 0 Å². The highest BCUT2D eigenvalue weighted by atomic mass is 16.1. The van der Waals surface area contributed by atoms with E-state index in [9.17, 15) is 4.79 Å². The number of aryl methyl sites for hydroxylation is 2. The Bertz CT molecular complexity index is 1150. The molecule has 136 valence electrons. The monoisotopic (exact) mass is 356 g/mol. The van der Waals surface area contributed by atoms with Crippen molar-refractivity contribution in [3.63, 3.8) is 0 Å². The number of amides is 1. The van der Waals surface area contributed by atoms with E-state index in [0.717, 1.165) is 41.2 Å². The molecule has 0 aliphatic carbocycles. The van der Waals surface area contributed by atoms with Crippen LogP contribution in [-0.4, -0.2) is 10.5 Å². The highest BCUT2D eigenvalue weighted by Gasteiger charge is 2.16. The van der Waals surface area contributed by atoms with Crippen molar-refractivity contribution in [1.82, 2.24) is 4.57 Å². The Kier molecular flexibility index (Phi) is 4.44. The van der Waals surface area contributed by atoms with Crippen LogP contribution in [0.5, 0.6) is 0 Å². The number of carbonyl (C=O) groups excluding carboxylic acids is 1. The Morgan fingerprint density at radius 3 is 2.30 bits per heavy atom. The van der Waals surface area contributed by atoms with Crippen LogP contribution in [0.4, 0.5) is 0 Å². The Morgan fingerprint density at radius 2 is 1.56 bits per heavy atom. The maximum atomic E-state index is 12.0.